The molecule has 0 heterocycles. The Morgan fingerprint density at radius 2 is 1.94 bits per heavy atom. The number of nitrogens with zero attached hydrogens (tertiary/aromatic N) is 1. The van der Waals surface area contributed by atoms with Crippen LogP contribution in [0.25, 0.3) is 0 Å². The van der Waals surface area contributed by atoms with Crippen LogP contribution in [0.1, 0.15) is 45.4 Å². The zero-order valence-corrected chi connectivity index (χ0v) is 12.4. The number of rotatable bonds is 6. The van der Waals surface area contributed by atoms with Gasteiger partial charge in [0.25, 0.3) is 0 Å². The van der Waals surface area contributed by atoms with E-state index in [1.807, 2.05) is 0 Å². The van der Waals surface area contributed by atoms with Crippen LogP contribution in [0.3, 0.4) is 0 Å². The van der Waals surface area contributed by atoms with Gasteiger partial charge in [-0.3, -0.25) is 0 Å². The van der Waals surface area contributed by atoms with Crippen LogP contribution < -0.4 is 5.32 Å². The van der Waals surface area contributed by atoms with E-state index in [0.29, 0.717) is 17.6 Å². The SMILES string of the molecule is CCOC1CC(NCCN(C)C)C12CCCCC2. The molecular formula is C15H30N2O. The summed E-state index contributed by atoms with van der Waals surface area (Å²) in [6.07, 6.45) is 8.71. The first-order valence-corrected chi connectivity index (χ1v) is 7.69. The van der Waals surface area contributed by atoms with E-state index in [9.17, 15) is 0 Å². The lowest BCUT2D eigenvalue weighted by Crippen LogP contribution is -2.65. The summed E-state index contributed by atoms with van der Waals surface area (Å²) >= 11 is 0. The molecule has 0 bridgehead atoms. The third-order valence-corrected chi connectivity index (χ3v) is 4.89. The van der Waals surface area contributed by atoms with Gasteiger partial charge in [-0.1, -0.05) is 19.3 Å². The zero-order valence-electron chi connectivity index (χ0n) is 12.4. The number of ether oxygens (including phenoxy) is 1. The van der Waals surface area contributed by atoms with Gasteiger partial charge in [-0.15, -0.1) is 0 Å². The minimum Gasteiger partial charge on any atom is -0.378 e. The van der Waals surface area contributed by atoms with Gasteiger partial charge in [0.2, 0.25) is 0 Å². The first-order valence-electron chi connectivity index (χ1n) is 7.69. The molecule has 3 nitrogen and oxygen atoms in total. The van der Waals surface area contributed by atoms with Gasteiger partial charge in [0.05, 0.1) is 6.10 Å². The van der Waals surface area contributed by atoms with Crippen molar-refractivity contribution in [3.8, 4) is 0 Å². The Morgan fingerprint density at radius 3 is 2.56 bits per heavy atom. The molecule has 2 aliphatic carbocycles. The van der Waals surface area contributed by atoms with Crippen molar-refractivity contribution >= 4 is 0 Å². The van der Waals surface area contributed by atoms with Crippen LogP contribution in [0.4, 0.5) is 0 Å². The lowest BCUT2D eigenvalue weighted by molar-refractivity contribution is -0.149. The Balaban J connectivity index is 1.86. The zero-order chi connectivity index (χ0) is 13.0. The first-order chi connectivity index (χ1) is 8.69. The van der Waals surface area contributed by atoms with Crippen molar-refractivity contribution in [2.24, 2.45) is 5.41 Å². The molecule has 0 aromatic rings. The summed E-state index contributed by atoms with van der Waals surface area (Å²) in [5.41, 5.74) is 0.473. The topological polar surface area (TPSA) is 24.5 Å². The molecule has 2 atom stereocenters. The van der Waals surface area contributed by atoms with Gasteiger partial charge in [-0.05, 0) is 40.3 Å². The maximum Gasteiger partial charge on any atom is 0.0661 e. The highest BCUT2D eigenvalue weighted by Crippen LogP contribution is 2.53. The second-order valence-corrected chi connectivity index (χ2v) is 6.28. The number of likely N-dealkylation sites (N-methyl/N-ethyl adjacent to an activating group) is 1. The van der Waals surface area contributed by atoms with E-state index < -0.39 is 0 Å². The Bertz CT molecular complexity index is 249. The van der Waals surface area contributed by atoms with Crippen LogP contribution in [0, 0.1) is 5.41 Å². The van der Waals surface area contributed by atoms with Gasteiger partial charge in [0.15, 0.2) is 0 Å². The van der Waals surface area contributed by atoms with Crippen LogP contribution in [-0.4, -0.2) is 50.8 Å². The quantitative estimate of drug-likeness (QED) is 0.787. The number of hydrogen-bond acceptors (Lipinski definition) is 3. The van der Waals surface area contributed by atoms with Crippen LogP contribution in [0.2, 0.25) is 0 Å². The highest BCUT2D eigenvalue weighted by molar-refractivity contribution is 5.08. The van der Waals surface area contributed by atoms with E-state index in [4.69, 9.17) is 4.74 Å². The van der Waals surface area contributed by atoms with Crippen LogP contribution in [0.15, 0.2) is 0 Å². The van der Waals surface area contributed by atoms with Gasteiger partial charge in [0.1, 0.15) is 0 Å². The molecule has 0 radical (unpaired) electrons. The van der Waals surface area contributed by atoms with Crippen molar-refractivity contribution in [2.75, 3.05) is 33.8 Å². The van der Waals surface area contributed by atoms with Gasteiger partial charge in [-0.2, -0.15) is 0 Å². The van der Waals surface area contributed by atoms with Crippen molar-refractivity contribution in [3.05, 3.63) is 0 Å². The van der Waals surface area contributed by atoms with Crippen molar-refractivity contribution in [1.29, 1.82) is 0 Å². The molecule has 0 saturated heterocycles. The van der Waals surface area contributed by atoms with Gasteiger partial charge in [0, 0.05) is 31.2 Å². The average Bonchev–Trinajstić information content (AvgIpc) is 2.37. The molecule has 3 heteroatoms. The Morgan fingerprint density at radius 1 is 1.22 bits per heavy atom. The second kappa shape index (κ2) is 6.36. The Labute approximate surface area is 112 Å². The van der Waals surface area contributed by atoms with Crippen LogP contribution in [-0.2, 0) is 4.74 Å². The summed E-state index contributed by atoms with van der Waals surface area (Å²) < 4.78 is 5.98. The van der Waals surface area contributed by atoms with Gasteiger partial charge < -0.3 is 15.0 Å². The van der Waals surface area contributed by atoms with E-state index in [-0.39, 0.29) is 0 Å². The molecular weight excluding hydrogens is 224 g/mol. The molecule has 106 valence electrons. The Kier molecular flexibility index (Phi) is 5.05. The summed E-state index contributed by atoms with van der Waals surface area (Å²) in [6, 6.07) is 0.703. The lowest BCUT2D eigenvalue weighted by Gasteiger charge is -2.58. The second-order valence-electron chi connectivity index (χ2n) is 6.28. The lowest BCUT2D eigenvalue weighted by atomic mass is 9.55. The molecule has 0 aliphatic heterocycles. The maximum atomic E-state index is 5.98. The third-order valence-electron chi connectivity index (χ3n) is 4.89. The molecule has 0 aromatic carbocycles. The summed E-state index contributed by atoms with van der Waals surface area (Å²) in [5.74, 6) is 0. The molecule has 2 saturated carbocycles. The maximum absolute atomic E-state index is 5.98. The standard InChI is InChI=1S/C15H30N2O/c1-4-18-14-12-13(16-10-11-17(2)3)15(14)8-6-5-7-9-15/h13-14,16H,4-12H2,1-3H3. The van der Waals surface area contributed by atoms with Crippen LogP contribution in [0.5, 0.6) is 0 Å². The molecule has 0 aromatic heterocycles. The smallest absolute Gasteiger partial charge is 0.0661 e. The molecule has 1 spiro atoms. The van der Waals surface area contributed by atoms with Crippen molar-refractivity contribution in [1.82, 2.24) is 10.2 Å². The molecule has 1 N–H and O–H groups in total. The highest BCUT2D eigenvalue weighted by Gasteiger charge is 2.55. The number of hydrogen-bond donors (Lipinski definition) is 1. The third kappa shape index (κ3) is 2.89. The minimum absolute atomic E-state index is 0.473. The predicted molar refractivity (Wildman–Crippen MR) is 75.9 cm³/mol. The highest BCUT2D eigenvalue weighted by atomic mass is 16.5. The minimum atomic E-state index is 0.473. The van der Waals surface area contributed by atoms with E-state index in [1.54, 1.807) is 0 Å². The Hall–Kier alpha value is -0.120. The summed E-state index contributed by atoms with van der Waals surface area (Å²) in [7, 11) is 4.28. The largest absolute Gasteiger partial charge is 0.378 e. The van der Waals surface area contributed by atoms with Gasteiger partial charge in [-0.25, -0.2) is 0 Å². The summed E-state index contributed by atoms with van der Waals surface area (Å²) in [4.78, 5) is 2.25. The first kappa shape index (κ1) is 14.3. The normalized spacial score (nSPS) is 30.7. The molecule has 18 heavy (non-hydrogen) atoms. The summed E-state index contributed by atoms with van der Waals surface area (Å²) in [6.45, 7) is 5.24. The van der Waals surface area contributed by atoms with Crippen molar-refractivity contribution < 1.29 is 4.74 Å². The summed E-state index contributed by atoms with van der Waals surface area (Å²) in [5, 5.41) is 3.78. The molecule has 2 rings (SSSR count). The fourth-order valence-electron chi connectivity index (χ4n) is 3.81. The van der Waals surface area contributed by atoms with Gasteiger partial charge >= 0.3 is 0 Å². The fourth-order valence-corrected chi connectivity index (χ4v) is 3.81. The molecule has 2 aliphatic rings. The van der Waals surface area contributed by atoms with Crippen molar-refractivity contribution in [2.45, 2.75) is 57.6 Å². The fraction of sp³-hybridized carbons (Fsp3) is 1.00. The average molecular weight is 254 g/mol. The van der Waals surface area contributed by atoms with E-state index in [0.717, 1.165) is 19.7 Å². The van der Waals surface area contributed by atoms with E-state index >= 15 is 0 Å². The monoisotopic (exact) mass is 254 g/mol. The molecule has 2 unspecified atom stereocenters. The number of nitrogens with one attached hydrogen (secondary N) is 1. The van der Waals surface area contributed by atoms with Crippen molar-refractivity contribution in [3.63, 3.8) is 0 Å². The molecule has 2 fully saturated rings. The van der Waals surface area contributed by atoms with E-state index in [1.165, 1.54) is 38.5 Å². The van der Waals surface area contributed by atoms with E-state index in [2.05, 4.69) is 31.2 Å². The molecule has 0 amide bonds. The van der Waals surface area contributed by atoms with Crippen LogP contribution >= 0.6 is 0 Å². The predicted octanol–water partition coefficient (Wildman–Crippen LogP) is 2.27.